The van der Waals surface area contributed by atoms with Crippen LogP contribution in [0.4, 0.5) is 0 Å². The van der Waals surface area contributed by atoms with Crippen molar-refractivity contribution in [3.05, 3.63) is 58.1 Å². The van der Waals surface area contributed by atoms with Gasteiger partial charge in [0.2, 0.25) is 0 Å². The number of carbonyl (C=O) groups is 1. The molecule has 0 amide bonds. The van der Waals surface area contributed by atoms with Crippen LogP contribution >= 0.6 is 15.9 Å². The fraction of sp³-hybridized carbons (Fsp3) is 0.188. The van der Waals surface area contributed by atoms with Gasteiger partial charge in [-0.05, 0) is 37.3 Å². The van der Waals surface area contributed by atoms with E-state index in [1.54, 1.807) is 12.1 Å². The SMILES string of the molecule is Cc1ccc(OCCOc2cccc(Br)c2)c(C(=O)O)c1. The molecule has 0 bridgehead atoms. The Balaban J connectivity index is 1.90. The van der Waals surface area contributed by atoms with Crippen molar-refractivity contribution in [1.82, 2.24) is 0 Å². The number of carboxylic acids is 1. The Morgan fingerprint density at radius 1 is 1.14 bits per heavy atom. The predicted octanol–water partition coefficient (Wildman–Crippen LogP) is 3.91. The van der Waals surface area contributed by atoms with Crippen LogP contribution in [0.2, 0.25) is 0 Å². The van der Waals surface area contributed by atoms with E-state index in [0.717, 1.165) is 15.8 Å². The molecule has 0 heterocycles. The van der Waals surface area contributed by atoms with Crippen LogP contribution in [0.15, 0.2) is 46.9 Å². The number of ether oxygens (including phenoxy) is 2. The standard InChI is InChI=1S/C16H15BrO4/c1-11-5-6-15(14(9-11)16(18)19)21-8-7-20-13-4-2-3-12(17)10-13/h2-6,9-10H,7-8H2,1H3,(H,18,19). The Labute approximate surface area is 131 Å². The van der Waals surface area contributed by atoms with Crippen molar-refractivity contribution in [3.8, 4) is 11.5 Å². The van der Waals surface area contributed by atoms with Gasteiger partial charge in [0, 0.05) is 4.47 Å². The first-order chi connectivity index (χ1) is 10.1. The van der Waals surface area contributed by atoms with E-state index in [1.807, 2.05) is 37.3 Å². The number of aryl methyl sites for hydroxylation is 1. The van der Waals surface area contributed by atoms with Gasteiger partial charge in [0.15, 0.2) is 0 Å². The Hall–Kier alpha value is -2.01. The molecule has 0 aromatic heterocycles. The molecule has 2 rings (SSSR count). The molecule has 0 fully saturated rings. The van der Waals surface area contributed by atoms with Crippen molar-refractivity contribution in [2.75, 3.05) is 13.2 Å². The highest BCUT2D eigenvalue weighted by molar-refractivity contribution is 9.10. The average Bonchev–Trinajstić information content (AvgIpc) is 2.44. The van der Waals surface area contributed by atoms with Gasteiger partial charge in [-0.15, -0.1) is 0 Å². The Morgan fingerprint density at radius 2 is 1.90 bits per heavy atom. The largest absolute Gasteiger partial charge is 0.490 e. The summed E-state index contributed by atoms with van der Waals surface area (Å²) in [6.07, 6.45) is 0. The summed E-state index contributed by atoms with van der Waals surface area (Å²) in [7, 11) is 0. The maximum atomic E-state index is 11.1. The molecule has 1 N–H and O–H groups in total. The van der Waals surface area contributed by atoms with E-state index in [2.05, 4.69) is 15.9 Å². The number of halogens is 1. The minimum atomic E-state index is -0.999. The number of hydrogen-bond acceptors (Lipinski definition) is 3. The third kappa shape index (κ3) is 4.49. The molecule has 0 aliphatic rings. The molecule has 21 heavy (non-hydrogen) atoms. The molecule has 0 unspecified atom stereocenters. The van der Waals surface area contributed by atoms with E-state index in [0.29, 0.717) is 12.4 Å². The molecule has 0 spiro atoms. The van der Waals surface area contributed by atoms with Gasteiger partial charge in [-0.2, -0.15) is 0 Å². The van der Waals surface area contributed by atoms with E-state index in [1.165, 1.54) is 0 Å². The first kappa shape index (κ1) is 15.4. The van der Waals surface area contributed by atoms with Crippen molar-refractivity contribution in [3.63, 3.8) is 0 Å². The van der Waals surface area contributed by atoms with Gasteiger partial charge < -0.3 is 14.6 Å². The molecule has 0 saturated carbocycles. The first-order valence-electron chi connectivity index (χ1n) is 6.41. The molecular weight excluding hydrogens is 336 g/mol. The van der Waals surface area contributed by atoms with Crippen molar-refractivity contribution < 1.29 is 19.4 Å². The lowest BCUT2D eigenvalue weighted by Crippen LogP contribution is -2.11. The van der Waals surface area contributed by atoms with E-state index in [-0.39, 0.29) is 12.2 Å². The van der Waals surface area contributed by atoms with Crippen LogP contribution < -0.4 is 9.47 Å². The molecule has 0 aliphatic carbocycles. The lowest BCUT2D eigenvalue weighted by atomic mass is 10.1. The van der Waals surface area contributed by atoms with Gasteiger partial charge in [0.1, 0.15) is 30.3 Å². The second-order valence-electron chi connectivity index (χ2n) is 4.46. The topological polar surface area (TPSA) is 55.8 Å². The molecule has 110 valence electrons. The molecular formula is C16H15BrO4. The molecule has 0 atom stereocenters. The summed E-state index contributed by atoms with van der Waals surface area (Å²) < 4.78 is 12.0. The number of hydrogen-bond donors (Lipinski definition) is 1. The number of rotatable bonds is 6. The zero-order chi connectivity index (χ0) is 15.2. The first-order valence-corrected chi connectivity index (χ1v) is 7.20. The van der Waals surface area contributed by atoms with Crippen LogP contribution in [0.25, 0.3) is 0 Å². The summed E-state index contributed by atoms with van der Waals surface area (Å²) in [5.41, 5.74) is 1.04. The lowest BCUT2D eigenvalue weighted by Gasteiger charge is -2.11. The van der Waals surface area contributed by atoms with Crippen LogP contribution in [0.3, 0.4) is 0 Å². The van der Waals surface area contributed by atoms with E-state index >= 15 is 0 Å². The van der Waals surface area contributed by atoms with E-state index in [9.17, 15) is 4.79 Å². The zero-order valence-electron chi connectivity index (χ0n) is 11.5. The quantitative estimate of drug-likeness (QED) is 0.802. The van der Waals surface area contributed by atoms with E-state index in [4.69, 9.17) is 14.6 Å². The molecule has 0 saturated heterocycles. The highest BCUT2D eigenvalue weighted by atomic mass is 79.9. The predicted molar refractivity (Wildman–Crippen MR) is 83.3 cm³/mol. The number of benzene rings is 2. The monoisotopic (exact) mass is 350 g/mol. The van der Waals surface area contributed by atoms with Crippen molar-refractivity contribution in [1.29, 1.82) is 0 Å². The van der Waals surface area contributed by atoms with Gasteiger partial charge in [0.05, 0.1) is 0 Å². The second-order valence-corrected chi connectivity index (χ2v) is 5.37. The molecule has 2 aromatic carbocycles. The molecule has 4 nitrogen and oxygen atoms in total. The van der Waals surface area contributed by atoms with Gasteiger partial charge in [-0.25, -0.2) is 4.79 Å². The van der Waals surface area contributed by atoms with Crippen molar-refractivity contribution in [2.45, 2.75) is 6.92 Å². The number of carboxylic acid groups (broad SMARTS) is 1. The zero-order valence-corrected chi connectivity index (χ0v) is 13.1. The summed E-state index contributed by atoms with van der Waals surface area (Å²) in [5, 5.41) is 9.14. The molecule has 0 radical (unpaired) electrons. The number of aromatic carboxylic acids is 1. The fourth-order valence-electron chi connectivity index (χ4n) is 1.80. The normalized spacial score (nSPS) is 10.2. The van der Waals surface area contributed by atoms with Gasteiger partial charge >= 0.3 is 5.97 Å². The highest BCUT2D eigenvalue weighted by Gasteiger charge is 2.11. The van der Waals surface area contributed by atoms with Crippen LogP contribution in [0.1, 0.15) is 15.9 Å². The summed E-state index contributed by atoms with van der Waals surface area (Å²) in [6, 6.07) is 12.6. The smallest absolute Gasteiger partial charge is 0.339 e. The molecule has 5 heteroatoms. The summed E-state index contributed by atoms with van der Waals surface area (Å²) >= 11 is 3.36. The molecule has 2 aromatic rings. The van der Waals surface area contributed by atoms with Crippen molar-refractivity contribution in [2.24, 2.45) is 0 Å². The lowest BCUT2D eigenvalue weighted by molar-refractivity contribution is 0.0691. The Kier molecular flexibility index (Phi) is 5.22. The van der Waals surface area contributed by atoms with Crippen molar-refractivity contribution >= 4 is 21.9 Å². The minimum absolute atomic E-state index is 0.164. The second kappa shape index (κ2) is 7.13. The maximum absolute atomic E-state index is 11.1. The average molecular weight is 351 g/mol. The van der Waals surface area contributed by atoms with Crippen LogP contribution in [0.5, 0.6) is 11.5 Å². The fourth-order valence-corrected chi connectivity index (χ4v) is 2.18. The minimum Gasteiger partial charge on any atom is -0.490 e. The van der Waals surface area contributed by atoms with Gasteiger partial charge in [-0.1, -0.05) is 33.6 Å². The van der Waals surface area contributed by atoms with Gasteiger partial charge in [0.25, 0.3) is 0 Å². The summed E-state index contributed by atoms with van der Waals surface area (Å²) in [4.78, 5) is 11.1. The summed E-state index contributed by atoms with van der Waals surface area (Å²) in [6.45, 7) is 2.45. The van der Waals surface area contributed by atoms with Gasteiger partial charge in [-0.3, -0.25) is 0 Å². The maximum Gasteiger partial charge on any atom is 0.339 e. The van der Waals surface area contributed by atoms with E-state index < -0.39 is 5.97 Å². The van der Waals surface area contributed by atoms with Crippen LogP contribution in [-0.4, -0.2) is 24.3 Å². The van der Waals surface area contributed by atoms with Crippen LogP contribution in [-0.2, 0) is 0 Å². The Morgan fingerprint density at radius 3 is 2.62 bits per heavy atom. The third-order valence-corrected chi connectivity index (χ3v) is 3.26. The Bertz CT molecular complexity index is 640. The summed E-state index contributed by atoms with van der Waals surface area (Å²) in [5.74, 6) is 0.0860. The third-order valence-electron chi connectivity index (χ3n) is 2.77. The van der Waals surface area contributed by atoms with Crippen LogP contribution in [0, 0.1) is 6.92 Å². The highest BCUT2D eigenvalue weighted by Crippen LogP contribution is 2.20. The molecule has 0 aliphatic heterocycles.